The van der Waals surface area contributed by atoms with Crippen molar-refractivity contribution in [3.8, 4) is 0 Å². The minimum Gasteiger partial charge on any atom is -0.352 e. The second kappa shape index (κ2) is 6.91. The van der Waals surface area contributed by atoms with Gasteiger partial charge in [0.25, 0.3) is 0 Å². The summed E-state index contributed by atoms with van der Waals surface area (Å²) in [5, 5.41) is 3.15. The SMILES string of the molecule is C=CC(=O)N1CCC12CN(c1ccc3ncnc(Nc4ccc(Cl)c(F)c4)c3n1)C2. The molecular weight excluding hydrogens is 407 g/mol. The number of likely N-dealkylation sites (tertiary alicyclic amines) is 1. The van der Waals surface area contributed by atoms with Crippen LogP contribution in [-0.4, -0.2) is 50.9 Å². The molecule has 0 aliphatic carbocycles. The summed E-state index contributed by atoms with van der Waals surface area (Å²) in [7, 11) is 0. The van der Waals surface area contributed by atoms with Crippen LogP contribution >= 0.6 is 11.6 Å². The first kappa shape index (κ1) is 18.7. The normalized spacial score (nSPS) is 16.9. The molecule has 2 aliphatic heterocycles. The number of anilines is 3. The van der Waals surface area contributed by atoms with Gasteiger partial charge >= 0.3 is 0 Å². The first-order valence-electron chi connectivity index (χ1n) is 9.52. The van der Waals surface area contributed by atoms with E-state index >= 15 is 0 Å². The van der Waals surface area contributed by atoms with Crippen LogP contribution in [0.25, 0.3) is 11.0 Å². The Labute approximate surface area is 177 Å². The van der Waals surface area contributed by atoms with E-state index in [9.17, 15) is 9.18 Å². The number of nitrogens with zero attached hydrogens (tertiary/aromatic N) is 5. The molecule has 0 atom stereocenters. The minimum atomic E-state index is -0.515. The molecule has 2 fully saturated rings. The predicted molar refractivity (Wildman–Crippen MR) is 113 cm³/mol. The third-order valence-corrected chi connectivity index (χ3v) is 6.06. The van der Waals surface area contributed by atoms with Crippen LogP contribution in [0.15, 0.2) is 49.3 Å². The molecule has 4 heterocycles. The van der Waals surface area contributed by atoms with Gasteiger partial charge in [-0.2, -0.15) is 0 Å². The number of carbonyl (C=O) groups excluding carboxylic acids is 1. The maximum absolute atomic E-state index is 13.8. The van der Waals surface area contributed by atoms with Crippen molar-refractivity contribution in [3.63, 3.8) is 0 Å². The van der Waals surface area contributed by atoms with Crippen molar-refractivity contribution in [1.29, 1.82) is 0 Å². The molecule has 1 amide bonds. The average Bonchev–Trinajstić information content (AvgIpc) is 2.69. The van der Waals surface area contributed by atoms with E-state index in [1.807, 2.05) is 17.0 Å². The Morgan fingerprint density at radius 1 is 1.27 bits per heavy atom. The van der Waals surface area contributed by atoms with Gasteiger partial charge in [0.1, 0.15) is 23.5 Å². The number of rotatable bonds is 4. The molecular formula is C21H18ClFN6O. The predicted octanol–water partition coefficient (Wildman–Crippen LogP) is 3.54. The summed E-state index contributed by atoms with van der Waals surface area (Å²) in [5.74, 6) is 0.721. The summed E-state index contributed by atoms with van der Waals surface area (Å²) < 4.78 is 13.8. The summed E-state index contributed by atoms with van der Waals surface area (Å²) in [4.78, 5) is 29.3. The third kappa shape index (κ3) is 2.95. The van der Waals surface area contributed by atoms with E-state index in [1.54, 1.807) is 6.07 Å². The van der Waals surface area contributed by atoms with Crippen molar-refractivity contribution in [2.45, 2.75) is 12.0 Å². The Hall–Kier alpha value is -3.26. The maximum Gasteiger partial charge on any atom is 0.246 e. The van der Waals surface area contributed by atoms with E-state index in [1.165, 1.54) is 24.5 Å². The summed E-state index contributed by atoms with van der Waals surface area (Å²) in [6.07, 6.45) is 3.78. The Balaban J connectivity index is 1.41. The quantitative estimate of drug-likeness (QED) is 0.646. The van der Waals surface area contributed by atoms with Gasteiger partial charge in [0.05, 0.1) is 16.1 Å². The van der Waals surface area contributed by atoms with E-state index in [2.05, 4.69) is 26.8 Å². The highest BCUT2D eigenvalue weighted by Gasteiger charge is 2.55. The fourth-order valence-corrected chi connectivity index (χ4v) is 4.17. The number of amides is 1. The molecule has 30 heavy (non-hydrogen) atoms. The van der Waals surface area contributed by atoms with Gasteiger partial charge in [-0.25, -0.2) is 19.3 Å². The van der Waals surface area contributed by atoms with Crippen molar-refractivity contribution < 1.29 is 9.18 Å². The van der Waals surface area contributed by atoms with Crippen LogP contribution in [0.3, 0.4) is 0 Å². The molecule has 1 N–H and O–H groups in total. The van der Waals surface area contributed by atoms with Gasteiger partial charge in [-0.3, -0.25) is 4.79 Å². The number of hydrogen-bond donors (Lipinski definition) is 1. The van der Waals surface area contributed by atoms with Gasteiger partial charge in [-0.05, 0) is 42.8 Å². The molecule has 7 nitrogen and oxygen atoms in total. The van der Waals surface area contributed by atoms with Gasteiger partial charge < -0.3 is 15.1 Å². The smallest absolute Gasteiger partial charge is 0.246 e. The first-order chi connectivity index (χ1) is 14.5. The second-order valence-electron chi connectivity index (χ2n) is 7.54. The van der Waals surface area contributed by atoms with Crippen molar-refractivity contribution in [2.75, 3.05) is 29.9 Å². The number of carbonyl (C=O) groups is 1. The highest BCUT2D eigenvalue weighted by Crippen LogP contribution is 2.41. The van der Waals surface area contributed by atoms with E-state index in [0.717, 1.165) is 31.9 Å². The standard InChI is InChI=1S/C21H18ClFN6O/c1-2-18(30)29-8-7-21(29)10-28(11-21)17-6-5-16-19(27-17)20(25-12-24-16)26-13-3-4-14(22)15(23)9-13/h2-6,9,12H,1,7-8,10-11H2,(H,24,25,26). The Morgan fingerprint density at radius 2 is 2.10 bits per heavy atom. The zero-order valence-corrected chi connectivity index (χ0v) is 16.7. The van der Waals surface area contributed by atoms with Gasteiger partial charge in [0.15, 0.2) is 5.82 Å². The number of hydrogen-bond acceptors (Lipinski definition) is 6. The average molecular weight is 425 g/mol. The van der Waals surface area contributed by atoms with Gasteiger partial charge in [0, 0.05) is 25.3 Å². The molecule has 2 saturated heterocycles. The van der Waals surface area contributed by atoms with Crippen molar-refractivity contribution in [1.82, 2.24) is 19.9 Å². The fourth-order valence-electron chi connectivity index (χ4n) is 4.06. The molecule has 0 unspecified atom stereocenters. The van der Waals surface area contributed by atoms with E-state index in [4.69, 9.17) is 16.6 Å². The Morgan fingerprint density at radius 3 is 2.80 bits per heavy atom. The molecule has 1 spiro atoms. The summed E-state index contributed by atoms with van der Waals surface area (Å²) in [5.41, 5.74) is 1.66. The molecule has 9 heteroatoms. The third-order valence-electron chi connectivity index (χ3n) is 5.76. The maximum atomic E-state index is 13.8. The van der Waals surface area contributed by atoms with Crippen molar-refractivity contribution in [3.05, 3.63) is 60.2 Å². The van der Waals surface area contributed by atoms with Gasteiger partial charge in [-0.1, -0.05) is 18.2 Å². The van der Waals surface area contributed by atoms with Crippen molar-refractivity contribution >= 4 is 45.9 Å². The molecule has 0 radical (unpaired) electrons. The van der Waals surface area contributed by atoms with Gasteiger partial charge in [0.2, 0.25) is 5.91 Å². The number of nitrogens with one attached hydrogen (secondary N) is 1. The van der Waals surface area contributed by atoms with E-state index in [-0.39, 0.29) is 16.5 Å². The summed E-state index contributed by atoms with van der Waals surface area (Å²) in [6.45, 7) is 5.80. The molecule has 2 aliphatic rings. The van der Waals surface area contributed by atoms with Crippen LogP contribution in [0.2, 0.25) is 5.02 Å². The molecule has 1 aromatic carbocycles. The lowest BCUT2D eigenvalue weighted by Crippen LogP contribution is -2.78. The lowest BCUT2D eigenvalue weighted by Gasteiger charge is -2.62. The first-order valence-corrected chi connectivity index (χ1v) is 9.90. The number of halogens is 2. The minimum absolute atomic E-state index is 0.0255. The number of fused-ring (bicyclic) bond motifs is 1. The van der Waals surface area contributed by atoms with Crippen LogP contribution in [0.4, 0.5) is 21.7 Å². The van der Waals surface area contributed by atoms with Crippen molar-refractivity contribution in [2.24, 2.45) is 0 Å². The topological polar surface area (TPSA) is 74.2 Å². The van der Waals surface area contributed by atoms with Crippen LogP contribution in [0, 0.1) is 5.82 Å². The van der Waals surface area contributed by atoms with E-state index in [0.29, 0.717) is 22.5 Å². The number of benzene rings is 1. The zero-order valence-electron chi connectivity index (χ0n) is 16.0. The number of pyridine rings is 1. The van der Waals surface area contributed by atoms with Crippen LogP contribution in [0.5, 0.6) is 0 Å². The molecule has 152 valence electrons. The van der Waals surface area contributed by atoms with Crippen LogP contribution < -0.4 is 10.2 Å². The highest BCUT2D eigenvalue weighted by molar-refractivity contribution is 6.30. The Kier molecular flexibility index (Phi) is 4.32. The molecule has 0 bridgehead atoms. The zero-order chi connectivity index (χ0) is 20.9. The molecule has 3 aromatic rings. The number of aromatic nitrogens is 3. The van der Waals surface area contributed by atoms with E-state index < -0.39 is 5.82 Å². The van der Waals surface area contributed by atoms with Crippen LogP contribution in [0.1, 0.15) is 6.42 Å². The summed E-state index contributed by atoms with van der Waals surface area (Å²) >= 11 is 5.76. The summed E-state index contributed by atoms with van der Waals surface area (Å²) in [6, 6.07) is 8.25. The Bertz CT molecular complexity index is 1180. The van der Waals surface area contributed by atoms with Crippen LogP contribution in [-0.2, 0) is 4.79 Å². The van der Waals surface area contributed by atoms with Gasteiger partial charge in [-0.15, -0.1) is 0 Å². The lowest BCUT2D eigenvalue weighted by atomic mass is 9.77. The second-order valence-corrected chi connectivity index (χ2v) is 7.94. The highest BCUT2D eigenvalue weighted by atomic mass is 35.5. The molecule has 2 aromatic heterocycles. The largest absolute Gasteiger partial charge is 0.352 e. The lowest BCUT2D eigenvalue weighted by molar-refractivity contribution is -0.144. The molecule has 0 saturated carbocycles. The molecule has 5 rings (SSSR count). The fraction of sp³-hybridized carbons (Fsp3) is 0.238. The monoisotopic (exact) mass is 424 g/mol.